The van der Waals surface area contributed by atoms with Crippen LogP contribution in [-0.2, 0) is 0 Å². The van der Waals surface area contributed by atoms with Crippen molar-refractivity contribution in [1.82, 2.24) is 9.97 Å². The highest BCUT2D eigenvalue weighted by molar-refractivity contribution is 8.14. The van der Waals surface area contributed by atoms with Crippen molar-refractivity contribution in [3.05, 3.63) is 72.3 Å². The van der Waals surface area contributed by atoms with Gasteiger partial charge in [-0.05, 0) is 41.3 Å². The van der Waals surface area contributed by atoms with E-state index in [4.69, 9.17) is 20.2 Å². The third kappa shape index (κ3) is 4.19. The van der Waals surface area contributed by atoms with E-state index < -0.39 is 0 Å². The second-order valence-electron chi connectivity index (χ2n) is 6.69. The summed E-state index contributed by atoms with van der Waals surface area (Å²) in [5.74, 6) is 1.43. The van der Waals surface area contributed by atoms with E-state index in [2.05, 4.69) is 34.2 Å². The minimum Gasteiger partial charge on any atom is -0.493 e. The Morgan fingerprint density at radius 2 is 1.72 bits per heavy atom. The largest absolute Gasteiger partial charge is 0.493 e. The Morgan fingerprint density at radius 1 is 0.931 bits per heavy atom. The summed E-state index contributed by atoms with van der Waals surface area (Å²) in [5.41, 5.74) is 10.5. The second-order valence-corrected chi connectivity index (χ2v) is 7.92. The Balaban J connectivity index is 1.62. The summed E-state index contributed by atoms with van der Waals surface area (Å²) in [4.78, 5) is 12.9. The first-order valence-electron chi connectivity index (χ1n) is 9.25. The number of hydrogen-bond donors (Lipinski definition) is 1. The summed E-state index contributed by atoms with van der Waals surface area (Å²) in [5, 5.41) is 0.774. The van der Waals surface area contributed by atoms with Crippen LogP contribution in [0.2, 0.25) is 0 Å². The number of amidine groups is 1. The van der Waals surface area contributed by atoms with Crippen molar-refractivity contribution in [1.29, 1.82) is 0 Å². The molecule has 4 rings (SSSR count). The number of rotatable bonds is 5. The van der Waals surface area contributed by atoms with Crippen LogP contribution in [0.4, 0.5) is 0 Å². The van der Waals surface area contributed by atoms with Crippen LogP contribution in [0, 0.1) is 0 Å². The molecule has 2 N–H and O–H groups in total. The Kier molecular flexibility index (Phi) is 5.67. The van der Waals surface area contributed by atoms with Gasteiger partial charge < -0.3 is 15.2 Å². The summed E-state index contributed by atoms with van der Waals surface area (Å²) in [6.45, 7) is 0. The van der Waals surface area contributed by atoms with E-state index in [0.717, 1.165) is 28.7 Å². The highest BCUT2D eigenvalue weighted by Crippen LogP contribution is 2.45. The van der Waals surface area contributed by atoms with Gasteiger partial charge in [-0.3, -0.25) is 4.99 Å². The molecule has 2 atom stereocenters. The number of hydrogen-bond acceptors (Lipinski definition) is 7. The average Bonchev–Trinajstić information content (AvgIpc) is 2.79. The van der Waals surface area contributed by atoms with Crippen LogP contribution in [0.1, 0.15) is 28.8 Å². The van der Waals surface area contributed by atoms with Gasteiger partial charge in [0, 0.05) is 23.2 Å². The lowest BCUT2D eigenvalue weighted by atomic mass is 9.96. The summed E-state index contributed by atoms with van der Waals surface area (Å²) in [6, 6.07) is 14.3. The van der Waals surface area contributed by atoms with Gasteiger partial charge in [-0.25, -0.2) is 9.97 Å². The number of ether oxygens (including phenoxy) is 2. The molecule has 2 heterocycles. The Bertz CT molecular complexity index is 1030. The molecule has 1 aromatic heterocycles. The van der Waals surface area contributed by atoms with Crippen LogP contribution in [0.25, 0.3) is 11.1 Å². The molecule has 0 fully saturated rings. The maximum atomic E-state index is 6.20. The van der Waals surface area contributed by atoms with Gasteiger partial charge >= 0.3 is 0 Å². The third-order valence-corrected chi connectivity index (χ3v) is 6.02. The van der Waals surface area contributed by atoms with Crippen LogP contribution < -0.4 is 15.2 Å². The van der Waals surface area contributed by atoms with Crippen LogP contribution in [0.3, 0.4) is 0 Å². The predicted octanol–water partition coefficient (Wildman–Crippen LogP) is 4.39. The lowest BCUT2D eigenvalue weighted by molar-refractivity contribution is 0.354. The van der Waals surface area contributed by atoms with Crippen LogP contribution in [-0.4, -0.2) is 29.4 Å². The van der Waals surface area contributed by atoms with E-state index in [-0.39, 0.29) is 11.3 Å². The quantitative estimate of drug-likeness (QED) is 0.676. The minimum atomic E-state index is -0.0149. The van der Waals surface area contributed by atoms with Crippen LogP contribution in [0.5, 0.6) is 11.5 Å². The molecule has 0 saturated carbocycles. The fraction of sp³-hybridized carbons (Fsp3) is 0.227. The molecule has 0 amide bonds. The molecule has 1 aliphatic heterocycles. The van der Waals surface area contributed by atoms with Gasteiger partial charge in [-0.2, -0.15) is 0 Å². The van der Waals surface area contributed by atoms with Crippen molar-refractivity contribution in [3.8, 4) is 22.6 Å². The van der Waals surface area contributed by atoms with Crippen molar-refractivity contribution in [2.45, 2.75) is 17.7 Å². The molecule has 0 bridgehead atoms. The summed E-state index contributed by atoms with van der Waals surface area (Å²) < 4.78 is 10.8. The first-order valence-corrected chi connectivity index (χ1v) is 10.1. The topological polar surface area (TPSA) is 82.6 Å². The van der Waals surface area contributed by atoms with E-state index in [1.807, 2.05) is 30.6 Å². The molecular formula is C22H22N4O2S. The first kappa shape index (κ1) is 19.3. The van der Waals surface area contributed by atoms with E-state index >= 15 is 0 Å². The van der Waals surface area contributed by atoms with Crippen molar-refractivity contribution in [2.24, 2.45) is 10.7 Å². The molecule has 1 aliphatic rings. The lowest BCUT2D eigenvalue weighted by Crippen LogP contribution is -2.18. The average molecular weight is 407 g/mol. The predicted molar refractivity (Wildman–Crippen MR) is 116 cm³/mol. The SMILES string of the molecule is COc1ccc(C2CC(c3cccc(-c4cncnc4)c3)N=C(N)S2)cc1OC. The van der Waals surface area contributed by atoms with Crippen LogP contribution >= 0.6 is 11.8 Å². The third-order valence-electron chi connectivity index (χ3n) is 4.93. The second kappa shape index (κ2) is 8.53. The van der Waals surface area contributed by atoms with Gasteiger partial charge in [0.05, 0.1) is 20.3 Å². The summed E-state index contributed by atoms with van der Waals surface area (Å²) >= 11 is 1.58. The molecule has 2 aromatic carbocycles. The van der Waals surface area contributed by atoms with Gasteiger partial charge in [0.15, 0.2) is 16.7 Å². The Labute approximate surface area is 174 Å². The molecule has 0 saturated heterocycles. The van der Waals surface area contributed by atoms with Gasteiger partial charge in [-0.1, -0.05) is 36.0 Å². The van der Waals surface area contributed by atoms with Gasteiger partial charge in [0.25, 0.3) is 0 Å². The van der Waals surface area contributed by atoms with Crippen molar-refractivity contribution in [2.75, 3.05) is 14.2 Å². The molecule has 7 heteroatoms. The normalized spacial score (nSPS) is 18.8. The number of aromatic nitrogens is 2. The van der Waals surface area contributed by atoms with Crippen molar-refractivity contribution < 1.29 is 9.47 Å². The monoisotopic (exact) mass is 406 g/mol. The molecular weight excluding hydrogens is 384 g/mol. The molecule has 0 aliphatic carbocycles. The molecule has 3 aromatic rings. The molecule has 6 nitrogen and oxygen atoms in total. The number of methoxy groups -OCH3 is 2. The number of nitrogens with zero attached hydrogens (tertiary/aromatic N) is 3. The zero-order valence-corrected chi connectivity index (χ0v) is 17.1. The van der Waals surface area contributed by atoms with Crippen molar-refractivity contribution in [3.63, 3.8) is 0 Å². The van der Waals surface area contributed by atoms with Crippen molar-refractivity contribution >= 4 is 16.9 Å². The molecule has 148 valence electrons. The lowest BCUT2D eigenvalue weighted by Gasteiger charge is -2.27. The highest BCUT2D eigenvalue weighted by Gasteiger charge is 2.27. The number of nitrogens with two attached hydrogens (primary N) is 1. The minimum absolute atomic E-state index is 0.0149. The fourth-order valence-electron chi connectivity index (χ4n) is 3.47. The Hall–Kier alpha value is -3.06. The van der Waals surface area contributed by atoms with Crippen LogP contribution in [0.15, 0.2) is 66.2 Å². The van der Waals surface area contributed by atoms with E-state index in [1.165, 1.54) is 6.33 Å². The molecule has 0 spiro atoms. The molecule has 0 radical (unpaired) electrons. The number of benzene rings is 2. The zero-order valence-electron chi connectivity index (χ0n) is 16.3. The maximum absolute atomic E-state index is 6.20. The first-order chi connectivity index (χ1) is 14.2. The standard InChI is InChI=1S/C22H22N4O2S/c1-27-19-7-6-16(9-20(19)28-2)21-10-18(26-22(23)29-21)15-5-3-4-14(8-15)17-11-24-13-25-12-17/h3-9,11-13,18,21H,10H2,1-2H3,(H2,23,26). The highest BCUT2D eigenvalue weighted by atomic mass is 32.2. The summed E-state index contributed by atoms with van der Waals surface area (Å²) in [6.07, 6.45) is 6.00. The van der Waals surface area contributed by atoms with Gasteiger partial charge in [0.2, 0.25) is 0 Å². The zero-order chi connectivity index (χ0) is 20.2. The fourth-order valence-corrected chi connectivity index (χ4v) is 4.52. The maximum Gasteiger partial charge on any atom is 0.161 e. The van der Waals surface area contributed by atoms with Gasteiger partial charge in [-0.15, -0.1) is 0 Å². The van der Waals surface area contributed by atoms with E-state index in [1.54, 1.807) is 26.0 Å². The smallest absolute Gasteiger partial charge is 0.161 e. The van der Waals surface area contributed by atoms with E-state index in [0.29, 0.717) is 16.7 Å². The number of thioether (sulfide) groups is 1. The van der Waals surface area contributed by atoms with Gasteiger partial charge in [0.1, 0.15) is 6.33 Å². The van der Waals surface area contributed by atoms with E-state index in [9.17, 15) is 0 Å². The number of aliphatic imine (C=N–C) groups is 1. The Morgan fingerprint density at radius 3 is 2.48 bits per heavy atom. The molecule has 29 heavy (non-hydrogen) atoms. The summed E-state index contributed by atoms with van der Waals surface area (Å²) in [7, 11) is 3.28. The molecule has 2 unspecified atom stereocenters.